The molecule has 3 rings (SSSR count). The number of halogens is 4. The third-order valence-corrected chi connectivity index (χ3v) is 4.08. The number of carboxylic acid groups (broad SMARTS) is 1. The van der Waals surface area contributed by atoms with Crippen molar-refractivity contribution >= 4 is 11.9 Å². The van der Waals surface area contributed by atoms with E-state index in [1.165, 1.54) is 0 Å². The smallest absolute Gasteiger partial charge is 0.475 e. The number of ether oxygens (including phenoxy) is 1. The first-order valence-corrected chi connectivity index (χ1v) is 8.39. The normalized spacial score (nSPS) is 16.8. The van der Waals surface area contributed by atoms with Gasteiger partial charge < -0.3 is 20.5 Å². The van der Waals surface area contributed by atoms with Gasteiger partial charge in [-0.05, 0) is 18.9 Å². The van der Waals surface area contributed by atoms with Gasteiger partial charge in [0.05, 0.1) is 17.6 Å². The number of aromatic nitrogens is 1. The first kappa shape index (κ1) is 21.6. The molecule has 154 valence electrons. The van der Waals surface area contributed by atoms with Crippen LogP contribution in [0.3, 0.4) is 0 Å². The summed E-state index contributed by atoms with van der Waals surface area (Å²) < 4.78 is 49.6. The number of aliphatic carboxylic acids is 1. The minimum Gasteiger partial charge on any atom is -0.475 e. The van der Waals surface area contributed by atoms with Crippen LogP contribution in [-0.2, 0) is 11.2 Å². The number of nitrogens with two attached hydrogens (primary N) is 1. The standard InChI is InChI=1S/C15H18FN3O2.C2HF3O2/c16-7-10(8-17)9-21-14-4-3-12-13(18-14)5-6-19(15(12)20)11-1-2-11;3-2(4,5)1(6)7/h3-4,7,11H,1-2,5-6,8-9,17H2;(H,6,7)/b10-7+;. The van der Waals surface area contributed by atoms with Crippen LogP contribution in [0.5, 0.6) is 5.88 Å². The minimum atomic E-state index is -5.08. The van der Waals surface area contributed by atoms with Gasteiger partial charge in [-0.2, -0.15) is 13.2 Å². The van der Waals surface area contributed by atoms with Gasteiger partial charge in [-0.25, -0.2) is 14.2 Å². The average Bonchev–Trinajstić information content (AvgIpc) is 3.47. The molecule has 1 fully saturated rings. The van der Waals surface area contributed by atoms with Gasteiger partial charge >= 0.3 is 12.1 Å². The zero-order valence-corrected chi connectivity index (χ0v) is 14.7. The van der Waals surface area contributed by atoms with Crippen LogP contribution >= 0.6 is 0 Å². The number of hydrogen-bond acceptors (Lipinski definition) is 5. The van der Waals surface area contributed by atoms with Crippen molar-refractivity contribution in [3.8, 4) is 5.88 Å². The number of carbonyl (C=O) groups is 2. The third kappa shape index (κ3) is 5.65. The fourth-order valence-corrected chi connectivity index (χ4v) is 2.47. The Morgan fingerprint density at radius 3 is 2.54 bits per heavy atom. The molecular formula is C17H19F4N3O4. The lowest BCUT2D eigenvalue weighted by Crippen LogP contribution is -2.39. The van der Waals surface area contributed by atoms with E-state index in [0.717, 1.165) is 25.0 Å². The Labute approximate surface area is 157 Å². The highest BCUT2D eigenvalue weighted by atomic mass is 19.4. The number of nitrogens with zero attached hydrogens (tertiary/aromatic N) is 2. The second-order valence-electron chi connectivity index (χ2n) is 6.19. The van der Waals surface area contributed by atoms with Crippen molar-refractivity contribution in [2.45, 2.75) is 31.5 Å². The molecule has 28 heavy (non-hydrogen) atoms. The highest BCUT2D eigenvalue weighted by molar-refractivity contribution is 5.96. The van der Waals surface area contributed by atoms with Crippen LogP contribution in [0.4, 0.5) is 17.6 Å². The van der Waals surface area contributed by atoms with Crippen molar-refractivity contribution in [3.05, 3.63) is 35.3 Å². The van der Waals surface area contributed by atoms with E-state index in [0.29, 0.717) is 35.9 Å². The van der Waals surface area contributed by atoms with E-state index >= 15 is 0 Å². The maximum absolute atomic E-state index is 12.4. The van der Waals surface area contributed by atoms with Crippen molar-refractivity contribution in [2.24, 2.45) is 5.73 Å². The molecule has 0 aromatic carbocycles. The molecule has 3 N–H and O–H groups in total. The molecule has 1 saturated carbocycles. The molecule has 11 heteroatoms. The molecule has 0 bridgehead atoms. The van der Waals surface area contributed by atoms with Gasteiger partial charge in [-0.1, -0.05) is 0 Å². The summed E-state index contributed by atoms with van der Waals surface area (Å²) >= 11 is 0. The van der Waals surface area contributed by atoms with Crippen molar-refractivity contribution in [2.75, 3.05) is 19.7 Å². The summed E-state index contributed by atoms with van der Waals surface area (Å²) in [6, 6.07) is 3.82. The van der Waals surface area contributed by atoms with E-state index in [1.54, 1.807) is 12.1 Å². The van der Waals surface area contributed by atoms with Crippen molar-refractivity contribution in [1.82, 2.24) is 9.88 Å². The summed E-state index contributed by atoms with van der Waals surface area (Å²) in [7, 11) is 0. The summed E-state index contributed by atoms with van der Waals surface area (Å²) in [4.78, 5) is 27.5. The van der Waals surface area contributed by atoms with E-state index in [1.807, 2.05) is 4.90 Å². The average molecular weight is 405 g/mol. The summed E-state index contributed by atoms with van der Waals surface area (Å²) in [5.41, 5.74) is 7.14. The van der Waals surface area contributed by atoms with Gasteiger partial charge in [-0.15, -0.1) is 0 Å². The Balaban J connectivity index is 0.000000345. The number of rotatable bonds is 5. The van der Waals surface area contributed by atoms with Crippen LogP contribution in [0.2, 0.25) is 0 Å². The maximum Gasteiger partial charge on any atom is 0.490 e. The number of hydrogen-bond donors (Lipinski definition) is 2. The van der Waals surface area contributed by atoms with Crippen LogP contribution in [-0.4, -0.2) is 58.8 Å². The maximum atomic E-state index is 12.4. The molecule has 1 aromatic heterocycles. The Bertz CT molecular complexity index is 763. The predicted octanol–water partition coefficient (Wildman–Crippen LogP) is 2.07. The molecule has 2 aliphatic rings. The lowest BCUT2D eigenvalue weighted by Gasteiger charge is -2.28. The molecule has 2 heterocycles. The van der Waals surface area contributed by atoms with E-state index in [2.05, 4.69) is 4.98 Å². The fourth-order valence-electron chi connectivity index (χ4n) is 2.47. The molecule has 1 aliphatic heterocycles. The Kier molecular flexibility index (Phi) is 6.95. The topological polar surface area (TPSA) is 106 Å². The molecular weight excluding hydrogens is 386 g/mol. The Hall–Kier alpha value is -2.69. The molecule has 0 unspecified atom stereocenters. The fraction of sp³-hybridized carbons (Fsp3) is 0.471. The first-order valence-electron chi connectivity index (χ1n) is 8.39. The molecule has 1 amide bonds. The molecule has 0 radical (unpaired) electrons. The van der Waals surface area contributed by atoms with Crippen molar-refractivity contribution in [3.63, 3.8) is 0 Å². The molecule has 1 aromatic rings. The molecule has 7 nitrogen and oxygen atoms in total. The Morgan fingerprint density at radius 2 is 2.04 bits per heavy atom. The second-order valence-corrected chi connectivity index (χ2v) is 6.19. The summed E-state index contributed by atoms with van der Waals surface area (Å²) in [6.45, 7) is 0.891. The predicted molar refractivity (Wildman–Crippen MR) is 89.4 cm³/mol. The van der Waals surface area contributed by atoms with Crippen LogP contribution in [0, 0.1) is 0 Å². The second kappa shape index (κ2) is 9.00. The third-order valence-electron chi connectivity index (χ3n) is 4.08. The SMILES string of the molecule is NC/C(=C\F)COc1ccc2c(n1)CCN(C1CC1)C2=O.O=C(O)C(F)(F)F. The first-order chi connectivity index (χ1) is 13.2. The van der Waals surface area contributed by atoms with Crippen LogP contribution in [0.15, 0.2) is 24.0 Å². The van der Waals surface area contributed by atoms with Gasteiger partial charge in [0, 0.05) is 37.2 Å². The zero-order chi connectivity index (χ0) is 20.9. The van der Waals surface area contributed by atoms with E-state index in [-0.39, 0.29) is 19.1 Å². The van der Waals surface area contributed by atoms with Crippen molar-refractivity contribution < 1.29 is 37.0 Å². The molecule has 1 aliphatic carbocycles. The Morgan fingerprint density at radius 1 is 1.39 bits per heavy atom. The number of pyridine rings is 1. The molecule has 0 spiro atoms. The molecule has 0 atom stereocenters. The number of carbonyl (C=O) groups excluding carboxylic acids is 1. The van der Waals surface area contributed by atoms with E-state index in [4.69, 9.17) is 20.4 Å². The van der Waals surface area contributed by atoms with Gasteiger partial charge in [0.15, 0.2) is 0 Å². The van der Waals surface area contributed by atoms with Gasteiger partial charge in [-0.3, -0.25) is 4.79 Å². The van der Waals surface area contributed by atoms with Gasteiger partial charge in [0.25, 0.3) is 5.91 Å². The highest BCUT2D eigenvalue weighted by Crippen LogP contribution is 2.31. The van der Waals surface area contributed by atoms with Crippen LogP contribution < -0.4 is 10.5 Å². The largest absolute Gasteiger partial charge is 0.490 e. The van der Waals surface area contributed by atoms with Crippen LogP contribution in [0.1, 0.15) is 28.9 Å². The highest BCUT2D eigenvalue weighted by Gasteiger charge is 2.38. The van der Waals surface area contributed by atoms with E-state index in [9.17, 15) is 22.4 Å². The number of amides is 1. The van der Waals surface area contributed by atoms with Gasteiger partial charge in [0.2, 0.25) is 5.88 Å². The minimum absolute atomic E-state index is 0.0594. The summed E-state index contributed by atoms with van der Waals surface area (Å²) in [6.07, 6.45) is -1.69. The molecule has 0 saturated heterocycles. The lowest BCUT2D eigenvalue weighted by molar-refractivity contribution is -0.192. The summed E-state index contributed by atoms with van der Waals surface area (Å²) in [5, 5.41) is 7.12. The zero-order valence-electron chi connectivity index (χ0n) is 14.7. The number of fused-ring (bicyclic) bond motifs is 1. The van der Waals surface area contributed by atoms with Crippen LogP contribution in [0.25, 0.3) is 0 Å². The lowest BCUT2D eigenvalue weighted by atomic mass is 10.0. The quantitative estimate of drug-likeness (QED) is 0.727. The monoisotopic (exact) mass is 405 g/mol. The van der Waals surface area contributed by atoms with Crippen molar-refractivity contribution in [1.29, 1.82) is 0 Å². The summed E-state index contributed by atoms with van der Waals surface area (Å²) in [5.74, 6) is -2.30. The number of carboxylic acids is 1. The van der Waals surface area contributed by atoms with Gasteiger partial charge in [0.1, 0.15) is 6.61 Å². The number of alkyl halides is 3. The van der Waals surface area contributed by atoms with E-state index < -0.39 is 12.1 Å².